The van der Waals surface area contributed by atoms with Crippen LogP contribution in [0.15, 0.2) is 35.9 Å². The van der Waals surface area contributed by atoms with Gasteiger partial charge in [0.2, 0.25) is 8.32 Å². The lowest BCUT2D eigenvalue weighted by Crippen LogP contribution is -2.35. The Labute approximate surface area is 113 Å². The van der Waals surface area contributed by atoms with E-state index in [0.29, 0.717) is 0 Å². The number of hydrogen-bond donors (Lipinski definition) is 0. The minimum absolute atomic E-state index is 1.10. The summed E-state index contributed by atoms with van der Waals surface area (Å²) >= 11 is 0. The molecule has 0 aromatic heterocycles. The van der Waals surface area contributed by atoms with Crippen molar-refractivity contribution in [1.29, 1.82) is 0 Å². The lowest BCUT2D eigenvalue weighted by molar-refractivity contribution is 0.486. The van der Waals surface area contributed by atoms with E-state index in [9.17, 15) is 0 Å². The van der Waals surface area contributed by atoms with Crippen LogP contribution in [-0.4, -0.2) is 8.32 Å². The monoisotopic (exact) mass is 262 g/mol. The Hall–Kier alpha value is -1.02. The summed E-state index contributed by atoms with van der Waals surface area (Å²) in [6.07, 6.45) is 0. The summed E-state index contributed by atoms with van der Waals surface area (Å²) in [6.45, 7) is 11.1. The molecule has 0 fully saturated rings. The maximum absolute atomic E-state index is 6.55. The highest BCUT2D eigenvalue weighted by Crippen LogP contribution is 2.30. The van der Waals surface area contributed by atoms with Gasteiger partial charge in [-0.25, -0.2) is 0 Å². The summed E-state index contributed by atoms with van der Waals surface area (Å²) in [7, 11) is -1.58. The predicted octanol–water partition coefficient (Wildman–Crippen LogP) is 5.46. The molecular weight excluding hydrogens is 236 g/mol. The first-order valence-corrected chi connectivity index (χ1v) is 9.53. The molecule has 1 rings (SSSR count). The molecule has 2 heteroatoms. The number of allylic oxidation sites excluding steroid dienone is 1. The Kier molecular flexibility index (Phi) is 5.67. The SMILES string of the molecule is CC[Si](CC)(CC)OC(=C(C)C)c1ccccc1. The van der Waals surface area contributed by atoms with Crippen LogP contribution in [0.1, 0.15) is 40.2 Å². The van der Waals surface area contributed by atoms with E-state index in [1.54, 1.807) is 0 Å². The summed E-state index contributed by atoms with van der Waals surface area (Å²) in [5, 5.41) is 0. The minimum Gasteiger partial charge on any atom is -0.543 e. The van der Waals surface area contributed by atoms with E-state index in [2.05, 4.69) is 65.0 Å². The van der Waals surface area contributed by atoms with Crippen molar-refractivity contribution in [3.05, 3.63) is 41.5 Å². The molecule has 0 aliphatic carbocycles. The van der Waals surface area contributed by atoms with Gasteiger partial charge in [0, 0.05) is 5.56 Å². The van der Waals surface area contributed by atoms with Crippen LogP contribution in [-0.2, 0) is 4.43 Å². The van der Waals surface area contributed by atoms with Crippen LogP contribution in [0, 0.1) is 0 Å². The Balaban J connectivity index is 3.07. The second kappa shape index (κ2) is 6.79. The molecule has 1 aromatic rings. The van der Waals surface area contributed by atoms with E-state index in [1.807, 2.05) is 0 Å². The van der Waals surface area contributed by atoms with Crippen LogP contribution in [0.25, 0.3) is 5.76 Å². The van der Waals surface area contributed by atoms with Crippen LogP contribution in [0.5, 0.6) is 0 Å². The fourth-order valence-electron chi connectivity index (χ4n) is 2.22. The molecule has 0 radical (unpaired) electrons. The van der Waals surface area contributed by atoms with Crippen molar-refractivity contribution < 1.29 is 4.43 Å². The highest BCUT2D eigenvalue weighted by atomic mass is 28.4. The van der Waals surface area contributed by atoms with E-state index in [0.717, 1.165) is 5.76 Å². The zero-order valence-corrected chi connectivity index (χ0v) is 13.4. The summed E-state index contributed by atoms with van der Waals surface area (Å²) in [4.78, 5) is 0. The molecule has 0 atom stereocenters. The first-order chi connectivity index (χ1) is 8.58. The van der Waals surface area contributed by atoms with Crippen LogP contribution in [0.2, 0.25) is 18.1 Å². The normalized spacial score (nSPS) is 11.2. The zero-order valence-electron chi connectivity index (χ0n) is 12.4. The van der Waals surface area contributed by atoms with Gasteiger partial charge in [-0.05, 0) is 37.6 Å². The number of rotatable bonds is 6. The molecule has 0 saturated heterocycles. The predicted molar refractivity (Wildman–Crippen MR) is 83.0 cm³/mol. The molecule has 0 aliphatic heterocycles. The van der Waals surface area contributed by atoms with E-state index in [4.69, 9.17) is 4.43 Å². The molecule has 0 aliphatic rings. The van der Waals surface area contributed by atoms with Gasteiger partial charge in [-0.3, -0.25) is 0 Å². The van der Waals surface area contributed by atoms with Gasteiger partial charge >= 0.3 is 0 Å². The van der Waals surface area contributed by atoms with Crippen LogP contribution in [0.3, 0.4) is 0 Å². The van der Waals surface area contributed by atoms with Crippen molar-refractivity contribution in [2.75, 3.05) is 0 Å². The Bertz CT molecular complexity index is 379. The third kappa shape index (κ3) is 3.48. The Morgan fingerprint density at radius 1 is 0.944 bits per heavy atom. The molecule has 0 spiro atoms. The summed E-state index contributed by atoms with van der Waals surface area (Å²) < 4.78 is 6.55. The number of benzene rings is 1. The highest BCUT2D eigenvalue weighted by molar-refractivity contribution is 6.74. The van der Waals surface area contributed by atoms with E-state index in [-0.39, 0.29) is 0 Å². The van der Waals surface area contributed by atoms with Crippen LogP contribution >= 0.6 is 0 Å². The number of hydrogen-bond acceptors (Lipinski definition) is 1. The smallest absolute Gasteiger partial charge is 0.250 e. The molecule has 0 bridgehead atoms. The van der Waals surface area contributed by atoms with E-state index in [1.165, 1.54) is 29.3 Å². The molecule has 0 unspecified atom stereocenters. The van der Waals surface area contributed by atoms with Gasteiger partial charge in [0.05, 0.1) is 0 Å². The lowest BCUT2D eigenvalue weighted by Gasteiger charge is -2.31. The first kappa shape index (κ1) is 15.0. The molecule has 18 heavy (non-hydrogen) atoms. The summed E-state index contributed by atoms with van der Waals surface area (Å²) in [5.41, 5.74) is 2.48. The van der Waals surface area contributed by atoms with Crippen molar-refractivity contribution in [2.24, 2.45) is 0 Å². The molecular formula is C16H26OSi. The Morgan fingerprint density at radius 2 is 1.44 bits per heavy atom. The van der Waals surface area contributed by atoms with Crippen LogP contribution < -0.4 is 0 Å². The standard InChI is InChI=1S/C16H26OSi/c1-6-18(7-2,8-3)17-16(14(4)5)15-12-10-9-11-13-15/h9-13H,6-8H2,1-5H3. The molecule has 1 aromatic carbocycles. The van der Waals surface area contributed by atoms with Gasteiger partial charge in [-0.1, -0.05) is 51.1 Å². The molecule has 0 amide bonds. The maximum atomic E-state index is 6.55. The first-order valence-electron chi connectivity index (χ1n) is 7.00. The lowest BCUT2D eigenvalue weighted by atomic mass is 10.1. The topological polar surface area (TPSA) is 9.23 Å². The quantitative estimate of drug-likeness (QED) is 0.488. The van der Waals surface area contributed by atoms with E-state index >= 15 is 0 Å². The van der Waals surface area contributed by atoms with Crippen molar-refractivity contribution in [2.45, 2.75) is 52.8 Å². The third-order valence-electron chi connectivity index (χ3n) is 3.74. The summed E-state index contributed by atoms with van der Waals surface area (Å²) in [6, 6.07) is 14.0. The molecule has 0 saturated carbocycles. The largest absolute Gasteiger partial charge is 0.543 e. The zero-order chi connectivity index (χ0) is 13.6. The van der Waals surface area contributed by atoms with Gasteiger partial charge in [0.1, 0.15) is 5.76 Å². The summed E-state index contributed by atoms with van der Waals surface area (Å²) in [5.74, 6) is 1.10. The fourth-order valence-corrected chi connectivity index (χ4v) is 4.91. The molecule has 0 N–H and O–H groups in total. The average Bonchev–Trinajstić information content (AvgIpc) is 2.42. The molecule has 1 nitrogen and oxygen atoms in total. The van der Waals surface area contributed by atoms with Crippen molar-refractivity contribution in [3.63, 3.8) is 0 Å². The average molecular weight is 262 g/mol. The van der Waals surface area contributed by atoms with Gasteiger partial charge in [-0.15, -0.1) is 0 Å². The highest BCUT2D eigenvalue weighted by Gasteiger charge is 2.31. The Morgan fingerprint density at radius 3 is 1.83 bits per heavy atom. The minimum atomic E-state index is -1.58. The second-order valence-corrected chi connectivity index (χ2v) is 9.73. The van der Waals surface area contributed by atoms with Gasteiger partial charge in [0.25, 0.3) is 0 Å². The maximum Gasteiger partial charge on any atom is 0.250 e. The molecule has 100 valence electrons. The van der Waals surface area contributed by atoms with E-state index < -0.39 is 8.32 Å². The van der Waals surface area contributed by atoms with Crippen LogP contribution in [0.4, 0.5) is 0 Å². The van der Waals surface area contributed by atoms with Gasteiger partial charge < -0.3 is 4.43 Å². The molecule has 0 heterocycles. The van der Waals surface area contributed by atoms with Gasteiger partial charge in [-0.2, -0.15) is 0 Å². The van der Waals surface area contributed by atoms with Gasteiger partial charge in [0.15, 0.2) is 0 Å². The van der Waals surface area contributed by atoms with Crippen molar-refractivity contribution in [3.8, 4) is 0 Å². The van der Waals surface area contributed by atoms with Crippen molar-refractivity contribution in [1.82, 2.24) is 0 Å². The van der Waals surface area contributed by atoms with Crippen molar-refractivity contribution >= 4 is 14.1 Å². The fraction of sp³-hybridized carbons (Fsp3) is 0.500. The second-order valence-electron chi connectivity index (χ2n) is 5.04. The third-order valence-corrected chi connectivity index (χ3v) is 8.24.